The highest BCUT2D eigenvalue weighted by Crippen LogP contribution is 2.15. The molecule has 1 atom stereocenters. The first-order chi connectivity index (χ1) is 20.0. The van der Waals surface area contributed by atoms with Gasteiger partial charge < -0.3 is 15.2 Å². The van der Waals surface area contributed by atoms with E-state index in [4.69, 9.17) is 9.84 Å². The second kappa shape index (κ2) is 30.8. The number of hydrogen-bond donors (Lipinski definition) is 2. The van der Waals surface area contributed by atoms with Gasteiger partial charge in [0.05, 0.1) is 0 Å². The third kappa shape index (κ3) is 30.7. The van der Waals surface area contributed by atoms with Crippen LogP contribution in [0.4, 0.5) is 0 Å². The zero-order valence-corrected chi connectivity index (χ0v) is 26.6. The van der Waals surface area contributed by atoms with Gasteiger partial charge >= 0.3 is 11.9 Å². The van der Waals surface area contributed by atoms with Crippen LogP contribution in [-0.2, 0) is 19.1 Å². The average Bonchev–Trinajstić information content (AvgIpc) is 2.95. The second-order valence-electron chi connectivity index (χ2n) is 11.4. The molecule has 0 aromatic carbocycles. The summed E-state index contributed by atoms with van der Waals surface area (Å²) >= 11 is 0. The Hall–Kier alpha value is -2.11. The summed E-state index contributed by atoms with van der Waals surface area (Å²) in [5.74, 6) is -1.28. The standard InChI is InChI=1S/C35H63NO5/c1-3-5-7-9-11-13-14-16-22-26-30-35(40)41-32(27-23-19-15-12-10-8-6-4-2)28-24-20-17-18-21-25-29-33(37)36-31-34(38)39/h7,9,23,27,32H,3-6,8,10-22,24-26,28-31H2,1-2H3,(H,36,37)(H,38,39)/b9-7-,27-23-. The molecule has 0 saturated heterocycles. The van der Waals surface area contributed by atoms with Gasteiger partial charge in [-0.3, -0.25) is 14.4 Å². The van der Waals surface area contributed by atoms with Gasteiger partial charge in [-0.2, -0.15) is 0 Å². The summed E-state index contributed by atoms with van der Waals surface area (Å²) in [6, 6.07) is 0. The lowest BCUT2D eigenvalue weighted by Crippen LogP contribution is -2.28. The third-order valence-electron chi connectivity index (χ3n) is 7.31. The van der Waals surface area contributed by atoms with Crippen LogP contribution < -0.4 is 5.32 Å². The molecule has 0 spiro atoms. The summed E-state index contributed by atoms with van der Waals surface area (Å²) in [4.78, 5) is 34.6. The van der Waals surface area contributed by atoms with Gasteiger partial charge in [0, 0.05) is 12.8 Å². The van der Waals surface area contributed by atoms with E-state index in [1.54, 1.807) is 0 Å². The molecular weight excluding hydrogens is 514 g/mol. The Morgan fingerprint density at radius 1 is 0.634 bits per heavy atom. The number of unbranched alkanes of at least 4 members (excludes halogenated alkanes) is 17. The van der Waals surface area contributed by atoms with Crippen LogP contribution in [0.5, 0.6) is 0 Å². The summed E-state index contributed by atoms with van der Waals surface area (Å²) in [5, 5.41) is 11.0. The molecule has 0 aliphatic carbocycles. The number of hydrogen-bond acceptors (Lipinski definition) is 4. The zero-order chi connectivity index (χ0) is 30.2. The maximum absolute atomic E-state index is 12.5. The molecule has 0 saturated carbocycles. The first-order valence-electron chi connectivity index (χ1n) is 17.0. The minimum Gasteiger partial charge on any atom is -0.480 e. The van der Waals surface area contributed by atoms with Crippen molar-refractivity contribution in [3.63, 3.8) is 0 Å². The Kier molecular flexibility index (Phi) is 29.3. The van der Waals surface area contributed by atoms with E-state index in [9.17, 15) is 14.4 Å². The first kappa shape index (κ1) is 38.9. The predicted molar refractivity (Wildman–Crippen MR) is 171 cm³/mol. The van der Waals surface area contributed by atoms with Crippen molar-refractivity contribution in [2.24, 2.45) is 0 Å². The molecule has 2 N–H and O–H groups in total. The summed E-state index contributed by atoms with van der Waals surface area (Å²) < 4.78 is 5.88. The molecule has 41 heavy (non-hydrogen) atoms. The van der Waals surface area contributed by atoms with Crippen LogP contribution in [0.15, 0.2) is 24.3 Å². The second-order valence-corrected chi connectivity index (χ2v) is 11.4. The van der Waals surface area contributed by atoms with E-state index in [-0.39, 0.29) is 24.5 Å². The molecule has 0 radical (unpaired) electrons. The molecule has 0 heterocycles. The van der Waals surface area contributed by atoms with Crippen molar-refractivity contribution in [1.29, 1.82) is 0 Å². The number of nitrogens with one attached hydrogen (secondary N) is 1. The van der Waals surface area contributed by atoms with Gasteiger partial charge in [-0.25, -0.2) is 0 Å². The minimum atomic E-state index is -1.02. The van der Waals surface area contributed by atoms with Crippen LogP contribution in [0.3, 0.4) is 0 Å². The summed E-state index contributed by atoms with van der Waals surface area (Å²) in [7, 11) is 0. The van der Waals surface area contributed by atoms with Crippen molar-refractivity contribution in [3.8, 4) is 0 Å². The lowest BCUT2D eigenvalue weighted by Gasteiger charge is -2.15. The van der Waals surface area contributed by atoms with Crippen LogP contribution in [0.25, 0.3) is 0 Å². The Labute approximate surface area is 252 Å². The van der Waals surface area contributed by atoms with Crippen molar-refractivity contribution in [2.75, 3.05) is 6.54 Å². The molecule has 1 amide bonds. The number of aliphatic carboxylic acids is 1. The highest BCUT2D eigenvalue weighted by molar-refractivity contribution is 5.80. The number of carbonyl (C=O) groups is 3. The number of ether oxygens (including phenoxy) is 1. The maximum atomic E-state index is 12.5. The normalized spacial score (nSPS) is 12.2. The van der Waals surface area contributed by atoms with Crippen molar-refractivity contribution >= 4 is 17.8 Å². The quantitative estimate of drug-likeness (QED) is 0.0504. The lowest BCUT2D eigenvalue weighted by molar-refractivity contribution is -0.147. The molecule has 0 aliphatic rings. The third-order valence-corrected chi connectivity index (χ3v) is 7.31. The van der Waals surface area contributed by atoms with Gasteiger partial charge in [0.25, 0.3) is 0 Å². The van der Waals surface area contributed by atoms with Crippen molar-refractivity contribution in [3.05, 3.63) is 24.3 Å². The molecule has 0 aliphatic heterocycles. The van der Waals surface area contributed by atoms with Crippen molar-refractivity contribution < 1.29 is 24.2 Å². The van der Waals surface area contributed by atoms with Crippen molar-refractivity contribution in [1.82, 2.24) is 5.32 Å². The largest absolute Gasteiger partial charge is 0.480 e. The molecule has 6 nitrogen and oxygen atoms in total. The van der Waals surface area contributed by atoms with Gasteiger partial charge in [-0.15, -0.1) is 0 Å². The number of carbonyl (C=O) groups excluding carboxylic acids is 2. The molecule has 0 aromatic rings. The number of rotatable bonds is 30. The smallest absolute Gasteiger partial charge is 0.322 e. The lowest BCUT2D eigenvalue weighted by atomic mass is 10.0. The molecule has 6 heteroatoms. The van der Waals surface area contributed by atoms with E-state index in [1.807, 2.05) is 0 Å². The van der Waals surface area contributed by atoms with E-state index >= 15 is 0 Å². The molecule has 0 fully saturated rings. The van der Waals surface area contributed by atoms with Crippen LogP contribution in [-0.4, -0.2) is 35.6 Å². The molecule has 1 unspecified atom stereocenters. The van der Waals surface area contributed by atoms with Gasteiger partial charge in [0.15, 0.2) is 0 Å². The SMILES string of the molecule is CCC/C=C\CCCCCCCC(=O)OC(/C=C\CCCCCCCC)CCCCCCCCC(=O)NCC(=O)O. The summed E-state index contributed by atoms with van der Waals surface area (Å²) in [5.41, 5.74) is 0. The predicted octanol–water partition coefficient (Wildman–Crippen LogP) is 9.61. The van der Waals surface area contributed by atoms with E-state index in [0.717, 1.165) is 64.2 Å². The molecule has 0 rings (SSSR count). The number of esters is 1. The zero-order valence-electron chi connectivity index (χ0n) is 26.6. The van der Waals surface area contributed by atoms with Crippen molar-refractivity contribution in [2.45, 2.75) is 174 Å². The van der Waals surface area contributed by atoms with Crippen LogP contribution in [0.1, 0.15) is 168 Å². The van der Waals surface area contributed by atoms with E-state index in [2.05, 4.69) is 43.5 Å². The Morgan fingerprint density at radius 3 is 1.80 bits per heavy atom. The Balaban J connectivity index is 4.20. The number of allylic oxidation sites excluding steroid dienone is 3. The summed E-state index contributed by atoms with van der Waals surface area (Å²) in [6.07, 6.45) is 34.5. The molecular formula is C35H63NO5. The number of carboxylic acid groups (broad SMARTS) is 1. The number of amides is 1. The molecule has 238 valence electrons. The van der Waals surface area contributed by atoms with Crippen LogP contribution >= 0.6 is 0 Å². The highest BCUT2D eigenvalue weighted by atomic mass is 16.5. The van der Waals surface area contributed by atoms with Crippen LogP contribution in [0.2, 0.25) is 0 Å². The Morgan fingerprint density at radius 2 is 1.17 bits per heavy atom. The number of carboxylic acids is 1. The van der Waals surface area contributed by atoms with Gasteiger partial charge in [-0.1, -0.05) is 116 Å². The first-order valence-corrected chi connectivity index (χ1v) is 17.0. The highest BCUT2D eigenvalue weighted by Gasteiger charge is 2.11. The average molecular weight is 578 g/mol. The fraction of sp³-hybridized carbons (Fsp3) is 0.800. The minimum absolute atomic E-state index is 0.0668. The monoisotopic (exact) mass is 577 g/mol. The molecule has 0 bridgehead atoms. The molecule has 0 aromatic heterocycles. The summed E-state index contributed by atoms with van der Waals surface area (Å²) in [6.45, 7) is 4.14. The van der Waals surface area contributed by atoms with Gasteiger partial charge in [-0.05, 0) is 63.9 Å². The van der Waals surface area contributed by atoms with E-state index in [1.165, 1.54) is 77.0 Å². The van der Waals surface area contributed by atoms with Crippen LogP contribution in [0, 0.1) is 0 Å². The van der Waals surface area contributed by atoms with E-state index < -0.39 is 5.97 Å². The fourth-order valence-electron chi connectivity index (χ4n) is 4.78. The maximum Gasteiger partial charge on any atom is 0.322 e. The fourth-order valence-corrected chi connectivity index (χ4v) is 4.78. The Bertz CT molecular complexity index is 688. The van der Waals surface area contributed by atoms with Gasteiger partial charge in [0.2, 0.25) is 5.91 Å². The van der Waals surface area contributed by atoms with Gasteiger partial charge in [0.1, 0.15) is 12.6 Å². The topological polar surface area (TPSA) is 92.7 Å². The van der Waals surface area contributed by atoms with E-state index in [0.29, 0.717) is 12.8 Å².